The zero-order valence-electron chi connectivity index (χ0n) is 10.6. The molecule has 2 heteroatoms. The fraction of sp³-hybridized carbons (Fsp3) is 0.533. The first-order chi connectivity index (χ1) is 8.08. The number of Topliss-reactive ketones (excluding diaryl/α,β-unsaturated/α-hetero) is 1. The number of hydrogen-bond acceptors (Lipinski definition) is 2. The van der Waals surface area contributed by atoms with Gasteiger partial charge in [0.05, 0.1) is 6.26 Å². The molecule has 1 aromatic rings. The second-order valence-corrected chi connectivity index (χ2v) is 5.60. The first-order valence-corrected chi connectivity index (χ1v) is 6.36. The molecule has 0 radical (unpaired) electrons. The molecule has 17 heavy (non-hydrogen) atoms. The first kappa shape index (κ1) is 10.8. The summed E-state index contributed by atoms with van der Waals surface area (Å²) < 4.78 is 5.65. The maximum atomic E-state index is 11.8. The summed E-state index contributed by atoms with van der Waals surface area (Å²) in [6, 6.07) is 0. The Kier molecular flexibility index (Phi) is 2.29. The molecule has 2 aliphatic rings. The van der Waals surface area contributed by atoms with Gasteiger partial charge >= 0.3 is 0 Å². The van der Waals surface area contributed by atoms with Gasteiger partial charge in [0.2, 0.25) is 0 Å². The monoisotopic (exact) mass is 230 g/mol. The van der Waals surface area contributed by atoms with E-state index < -0.39 is 0 Å². The Morgan fingerprint density at radius 1 is 1.29 bits per heavy atom. The van der Waals surface area contributed by atoms with E-state index in [1.807, 2.05) is 13.2 Å². The summed E-state index contributed by atoms with van der Waals surface area (Å²) in [6.07, 6.45) is 5.70. The Labute approximate surface area is 102 Å². The van der Waals surface area contributed by atoms with Gasteiger partial charge < -0.3 is 4.42 Å². The van der Waals surface area contributed by atoms with Crippen LogP contribution in [-0.4, -0.2) is 5.78 Å². The molecule has 0 N–H and O–H groups in total. The molecule has 0 saturated carbocycles. The number of allylic oxidation sites excluding steroid dienone is 2. The van der Waals surface area contributed by atoms with Crippen molar-refractivity contribution in [1.29, 1.82) is 0 Å². The highest BCUT2D eigenvalue weighted by molar-refractivity contribution is 5.96. The quantitative estimate of drug-likeness (QED) is 0.683. The van der Waals surface area contributed by atoms with E-state index in [2.05, 4.69) is 19.9 Å². The van der Waals surface area contributed by atoms with E-state index in [4.69, 9.17) is 4.42 Å². The fourth-order valence-electron chi connectivity index (χ4n) is 3.40. The van der Waals surface area contributed by atoms with Gasteiger partial charge in [0.15, 0.2) is 5.78 Å². The first-order valence-electron chi connectivity index (χ1n) is 6.36. The summed E-state index contributed by atoms with van der Waals surface area (Å²) in [7, 11) is 0. The third-order valence-corrected chi connectivity index (χ3v) is 4.43. The van der Waals surface area contributed by atoms with Crippen LogP contribution in [0.2, 0.25) is 0 Å². The van der Waals surface area contributed by atoms with Gasteiger partial charge in [-0.15, -0.1) is 0 Å². The number of carbonyl (C=O) groups excluding carboxylic acids is 1. The van der Waals surface area contributed by atoms with Crippen molar-refractivity contribution in [1.82, 2.24) is 0 Å². The minimum absolute atomic E-state index is 0.322. The molecule has 0 fully saturated rings. The van der Waals surface area contributed by atoms with E-state index in [9.17, 15) is 4.79 Å². The molecule has 1 heterocycles. The average Bonchev–Trinajstić information content (AvgIpc) is 2.63. The van der Waals surface area contributed by atoms with Crippen molar-refractivity contribution in [2.45, 2.75) is 39.5 Å². The van der Waals surface area contributed by atoms with Gasteiger partial charge in [-0.2, -0.15) is 0 Å². The lowest BCUT2D eigenvalue weighted by Gasteiger charge is -2.37. The summed E-state index contributed by atoms with van der Waals surface area (Å²) in [6.45, 7) is 6.28. The zero-order valence-corrected chi connectivity index (χ0v) is 10.6. The molecule has 90 valence electrons. The highest BCUT2D eigenvalue weighted by atomic mass is 16.3. The predicted molar refractivity (Wildman–Crippen MR) is 65.9 cm³/mol. The topological polar surface area (TPSA) is 30.2 Å². The van der Waals surface area contributed by atoms with E-state index in [1.54, 1.807) is 0 Å². The Hall–Kier alpha value is -1.31. The molecular weight excluding hydrogens is 212 g/mol. The summed E-state index contributed by atoms with van der Waals surface area (Å²) in [5.74, 6) is 2.85. The highest BCUT2D eigenvalue weighted by Gasteiger charge is 2.39. The molecular formula is C15H18O2. The average molecular weight is 230 g/mol. The third kappa shape index (κ3) is 1.50. The molecule has 1 aromatic heterocycles. The molecule has 0 amide bonds. The van der Waals surface area contributed by atoms with Crippen LogP contribution in [0, 0.1) is 18.8 Å². The van der Waals surface area contributed by atoms with Crippen LogP contribution in [0.4, 0.5) is 0 Å². The maximum absolute atomic E-state index is 11.8. The smallest absolute Gasteiger partial charge is 0.158 e. The van der Waals surface area contributed by atoms with E-state index in [1.165, 1.54) is 11.1 Å². The number of carbonyl (C=O) groups is 1. The number of aryl methyl sites for hydroxylation is 1. The van der Waals surface area contributed by atoms with Crippen LogP contribution in [0.5, 0.6) is 0 Å². The van der Waals surface area contributed by atoms with Gasteiger partial charge in [-0.05, 0) is 36.8 Å². The summed E-state index contributed by atoms with van der Waals surface area (Å²) in [5.41, 5.74) is 3.51. The van der Waals surface area contributed by atoms with Crippen LogP contribution >= 0.6 is 0 Å². The van der Waals surface area contributed by atoms with Crippen molar-refractivity contribution in [3.05, 3.63) is 34.8 Å². The number of rotatable bonds is 0. The van der Waals surface area contributed by atoms with Crippen molar-refractivity contribution in [2.75, 3.05) is 0 Å². The Morgan fingerprint density at radius 3 is 2.82 bits per heavy atom. The number of hydrogen-bond donors (Lipinski definition) is 0. The molecule has 2 nitrogen and oxygen atoms in total. The normalized spacial score (nSPS) is 31.8. The predicted octanol–water partition coefficient (Wildman–Crippen LogP) is 3.40. The van der Waals surface area contributed by atoms with Crippen LogP contribution in [0.3, 0.4) is 0 Å². The molecule has 0 bridgehead atoms. The van der Waals surface area contributed by atoms with Crippen molar-refractivity contribution >= 4 is 5.78 Å². The van der Waals surface area contributed by atoms with Gasteiger partial charge in [-0.3, -0.25) is 4.79 Å². The number of fused-ring (bicyclic) bond motifs is 3. The summed E-state index contributed by atoms with van der Waals surface area (Å²) in [4.78, 5) is 11.8. The van der Waals surface area contributed by atoms with Crippen molar-refractivity contribution in [3.63, 3.8) is 0 Å². The fourth-order valence-corrected chi connectivity index (χ4v) is 3.40. The number of ketones is 1. The standard InChI is InChI=1S/C15H18O2/c1-8-5-14-15(10(3)7-17-14)12-4-9(2)13(16)6-11(8)12/h4,7-8,11-12H,5-6H2,1-3H3/t8-,11+,12+/m0/s1. The minimum Gasteiger partial charge on any atom is -0.469 e. The van der Waals surface area contributed by atoms with Crippen molar-refractivity contribution in [3.8, 4) is 0 Å². The zero-order chi connectivity index (χ0) is 12.2. The molecule has 3 rings (SSSR count). The number of furan rings is 1. The second-order valence-electron chi connectivity index (χ2n) is 5.60. The highest BCUT2D eigenvalue weighted by Crippen LogP contribution is 2.47. The maximum Gasteiger partial charge on any atom is 0.158 e. The molecule has 2 aliphatic carbocycles. The van der Waals surface area contributed by atoms with E-state index in [-0.39, 0.29) is 0 Å². The summed E-state index contributed by atoms with van der Waals surface area (Å²) >= 11 is 0. The Balaban J connectivity index is 2.14. The molecule has 0 aliphatic heterocycles. The van der Waals surface area contributed by atoms with Gasteiger partial charge in [0, 0.05) is 24.3 Å². The van der Waals surface area contributed by atoms with E-state index in [0.717, 1.165) is 17.8 Å². The van der Waals surface area contributed by atoms with Crippen LogP contribution in [0.1, 0.15) is 43.1 Å². The largest absolute Gasteiger partial charge is 0.469 e. The van der Waals surface area contributed by atoms with E-state index >= 15 is 0 Å². The van der Waals surface area contributed by atoms with Crippen LogP contribution in [0.25, 0.3) is 0 Å². The van der Waals surface area contributed by atoms with Crippen LogP contribution < -0.4 is 0 Å². The Bertz CT molecular complexity index is 507. The molecule has 0 spiro atoms. The third-order valence-electron chi connectivity index (χ3n) is 4.43. The van der Waals surface area contributed by atoms with E-state index in [0.29, 0.717) is 30.0 Å². The lowest BCUT2D eigenvalue weighted by Crippen LogP contribution is -2.32. The Morgan fingerprint density at radius 2 is 2.06 bits per heavy atom. The van der Waals surface area contributed by atoms with Gasteiger partial charge in [0.1, 0.15) is 5.76 Å². The van der Waals surface area contributed by atoms with Crippen molar-refractivity contribution in [2.24, 2.45) is 11.8 Å². The van der Waals surface area contributed by atoms with Gasteiger partial charge in [0.25, 0.3) is 0 Å². The molecule has 0 saturated heterocycles. The summed E-state index contributed by atoms with van der Waals surface area (Å²) in [5, 5.41) is 0. The van der Waals surface area contributed by atoms with Crippen LogP contribution in [-0.2, 0) is 11.2 Å². The molecule has 0 aromatic carbocycles. The lowest BCUT2D eigenvalue weighted by molar-refractivity contribution is -0.117. The molecule has 3 atom stereocenters. The van der Waals surface area contributed by atoms with Crippen LogP contribution in [0.15, 0.2) is 22.3 Å². The molecule has 0 unspecified atom stereocenters. The minimum atomic E-state index is 0.322. The second kappa shape index (κ2) is 3.59. The SMILES string of the molecule is CC1=C[C@H]2c3c(C)coc3C[C@H](C)[C@H]2CC1=O. The lowest BCUT2D eigenvalue weighted by atomic mass is 9.66. The van der Waals surface area contributed by atoms with Gasteiger partial charge in [-0.1, -0.05) is 13.0 Å². The van der Waals surface area contributed by atoms with Crippen molar-refractivity contribution < 1.29 is 9.21 Å². The van der Waals surface area contributed by atoms with Gasteiger partial charge in [-0.25, -0.2) is 0 Å².